The molecule has 1 fully saturated rings. The van der Waals surface area contributed by atoms with Crippen LogP contribution in [-0.2, 0) is 0 Å². The molecule has 0 aliphatic heterocycles. The van der Waals surface area contributed by atoms with Crippen molar-refractivity contribution in [2.45, 2.75) is 46.0 Å². The van der Waals surface area contributed by atoms with Crippen LogP contribution in [-0.4, -0.2) is 16.5 Å². The van der Waals surface area contributed by atoms with Crippen molar-refractivity contribution in [3.05, 3.63) is 27.9 Å². The fourth-order valence-electron chi connectivity index (χ4n) is 2.88. The predicted octanol–water partition coefficient (Wildman–Crippen LogP) is 3.68. The number of hydrogen-bond acceptors (Lipinski definition) is 4. The smallest absolute Gasteiger partial charge is 0.311 e. The molecule has 5 heteroatoms. The fraction of sp³-hybridized carbons (Fsp3) is 0.643. The minimum atomic E-state index is -0.373. The average Bonchev–Trinajstić information content (AvgIpc) is 2.85. The molecule has 104 valence electrons. The zero-order chi connectivity index (χ0) is 13.9. The second-order valence-corrected chi connectivity index (χ2v) is 5.49. The van der Waals surface area contributed by atoms with Crippen LogP contribution in [0.5, 0.6) is 0 Å². The van der Waals surface area contributed by atoms with Crippen molar-refractivity contribution in [3.63, 3.8) is 0 Å². The molecule has 0 bridgehead atoms. The maximum absolute atomic E-state index is 11.0. The lowest BCUT2D eigenvalue weighted by Gasteiger charge is -2.27. The van der Waals surface area contributed by atoms with Crippen LogP contribution in [0.3, 0.4) is 0 Å². The Labute approximate surface area is 113 Å². The first-order chi connectivity index (χ1) is 9.06. The molecule has 1 aromatic heterocycles. The highest BCUT2D eigenvalue weighted by Gasteiger charge is 2.32. The Morgan fingerprint density at radius 2 is 2.11 bits per heavy atom. The summed E-state index contributed by atoms with van der Waals surface area (Å²) < 4.78 is 0. The molecule has 1 aromatic rings. The molecule has 19 heavy (non-hydrogen) atoms. The molecule has 0 unspecified atom stereocenters. The molecule has 0 spiro atoms. The molecule has 2 rings (SSSR count). The number of anilines is 1. The van der Waals surface area contributed by atoms with Crippen molar-refractivity contribution in [1.82, 2.24) is 4.98 Å². The lowest BCUT2D eigenvalue weighted by molar-refractivity contribution is -0.384. The molecule has 0 aromatic carbocycles. The van der Waals surface area contributed by atoms with Crippen LogP contribution in [0, 0.1) is 22.5 Å². The van der Waals surface area contributed by atoms with Gasteiger partial charge < -0.3 is 5.32 Å². The molecule has 1 aliphatic carbocycles. The van der Waals surface area contributed by atoms with Crippen LogP contribution in [0.25, 0.3) is 0 Å². The first-order valence-electron chi connectivity index (χ1n) is 6.92. The second-order valence-electron chi connectivity index (χ2n) is 5.49. The molecule has 1 aliphatic rings. The lowest BCUT2D eigenvalue weighted by atomic mass is 9.83. The first-order valence-corrected chi connectivity index (χ1v) is 6.92. The Hall–Kier alpha value is -1.65. The predicted molar refractivity (Wildman–Crippen MR) is 75.3 cm³/mol. The van der Waals surface area contributed by atoms with E-state index in [1.807, 2.05) is 6.92 Å². The largest absolute Gasteiger partial charge is 0.364 e. The van der Waals surface area contributed by atoms with Crippen LogP contribution in [0.2, 0.25) is 0 Å². The summed E-state index contributed by atoms with van der Waals surface area (Å²) in [6.45, 7) is 4.83. The Bertz CT molecular complexity index is 468. The van der Waals surface area contributed by atoms with Gasteiger partial charge >= 0.3 is 5.69 Å². The Kier molecular flexibility index (Phi) is 4.02. The van der Waals surface area contributed by atoms with Crippen molar-refractivity contribution in [2.75, 3.05) is 11.9 Å². The van der Waals surface area contributed by atoms with Crippen LogP contribution in [0.1, 0.15) is 44.7 Å². The standard InChI is InChI=1S/C14H21N3O2/c1-3-14(8-4-5-9-14)10-15-13-12(17(18)19)7-6-11(2)16-13/h6-7H,3-5,8-10H2,1-2H3,(H,15,16). The van der Waals surface area contributed by atoms with E-state index < -0.39 is 0 Å². The summed E-state index contributed by atoms with van der Waals surface area (Å²) in [5.41, 5.74) is 1.15. The first kappa shape index (κ1) is 13.8. The Morgan fingerprint density at radius 1 is 1.42 bits per heavy atom. The van der Waals surface area contributed by atoms with Gasteiger partial charge in [0.2, 0.25) is 5.82 Å². The minimum absolute atomic E-state index is 0.0647. The van der Waals surface area contributed by atoms with Gasteiger partial charge in [-0.2, -0.15) is 0 Å². The number of hydrogen-bond donors (Lipinski definition) is 1. The van der Waals surface area contributed by atoms with Crippen LogP contribution >= 0.6 is 0 Å². The average molecular weight is 263 g/mol. The summed E-state index contributed by atoms with van der Waals surface area (Å²) in [5, 5.41) is 14.2. The minimum Gasteiger partial charge on any atom is -0.364 e. The molecule has 5 nitrogen and oxygen atoms in total. The SMILES string of the molecule is CCC1(CNc2nc(C)ccc2[N+](=O)[O-])CCCC1. The molecule has 1 saturated carbocycles. The van der Waals surface area contributed by atoms with Crippen molar-refractivity contribution in [3.8, 4) is 0 Å². The van der Waals surface area contributed by atoms with E-state index in [-0.39, 0.29) is 10.6 Å². The number of aromatic nitrogens is 1. The van der Waals surface area contributed by atoms with Gasteiger partial charge in [-0.3, -0.25) is 10.1 Å². The van der Waals surface area contributed by atoms with E-state index in [0.29, 0.717) is 11.2 Å². The summed E-state index contributed by atoms with van der Waals surface area (Å²) in [6, 6.07) is 3.20. The number of nitro groups is 1. The van der Waals surface area contributed by atoms with Gasteiger partial charge in [-0.1, -0.05) is 19.8 Å². The van der Waals surface area contributed by atoms with E-state index in [1.54, 1.807) is 6.07 Å². The van der Waals surface area contributed by atoms with E-state index in [0.717, 1.165) is 18.7 Å². The normalized spacial score (nSPS) is 17.4. The van der Waals surface area contributed by atoms with E-state index in [1.165, 1.54) is 31.7 Å². The van der Waals surface area contributed by atoms with Gasteiger partial charge in [0, 0.05) is 18.3 Å². The van der Waals surface area contributed by atoms with Crippen molar-refractivity contribution < 1.29 is 4.92 Å². The van der Waals surface area contributed by atoms with E-state index in [4.69, 9.17) is 0 Å². The topological polar surface area (TPSA) is 68.1 Å². The van der Waals surface area contributed by atoms with Gasteiger partial charge in [0.25, 0.3) is 0 Å². The summed E-state index contributed by atoms with van der Waals surface area (Å²) in [4.78, 5) is 14.9. The van der Waals surface area contributed by atoms with E-state index >= 15 is 0 Å². The monoisotopic (exact) mass is 263 g/mol. The Balaban J connectivity index is 2.14. The van der Waals surface area contributed by atoms with Crippen molar-refractivity contribution >= 4 is 11.5 Å². The molecular weight excluding hydrogens is 242 g/mol. The van der Waals surface area contributed by atoms with E-state index in [2.05, 4.69) is 17.2 Å². The fourth-order valence-corrected chi connectivity index (χ4v) is 2.88. The number of nitrogens with one attached hydrogen (secondary N) is 1. The van der Waals surface area contributed by atoms with Crippen LogP contribution < -0.4 is 5.32 Å². The zero-order valence-corrected chi connectivity index (χ0v) is 11.6. The quantitative estimate of drug-likeness (QED) is 0.650. The van der Waals surface area contributed by atoms with Gasteiger partial charge in [-0.05, 0) is 37.7 Å². The molecular formula is C14H21N3O2. The third-order valence-electron chi connectivity index (χ3n) is 4.25. The summed E-state index contributed by atoms with van der Waals surface area (Å²) in [6.07, 6.45) is 6.05. The lowest BCUT2D eigenvalue weighted by Crippen LogP contribution is -2.26. The number of rotatable bonds is 5. The maximum Gasteiger partial charge on any atom is 0.311 e. The van der Waals surface area contributed by atoms with Gasteiger partial charge in [0.1, 0.15) is 0 Å². The van der Waals surface area contributed by atoms with Gasteiger partial charge in [-0.15, -0.1) is 0 Å². The van der Waals surface area contributed by atoms with Gasteiger partial charge in [0.05, 0.1) is 4.92 Å². The zero-order valence-electron chi connectivity index (χ0n) is 11.6. The number of nitrogens with zero attached hydrogens (tertiary/aromatic N) is 2. The highest BCUT2D eigenvalue weighted by molar-refractivity contribution is 5.56. The van der Waals surface area contributed by atoms with Crippen molar-refractivity contribution in [2.24, 2.45) is 5.41 Å². The number of aryl methyl sites for hydroxylation is 1. The second kappa shape index (κ2) is 5.55. The highest BCUT2D eigenvalue weighted by atomic mass is 16.6. The van der Waals surface area contributed by atoms with Gasteiger partial charge in [0.15, 0.2) is 0 Å². The maximum atomic E-state index is 11.0. The van der Waals surface area contributed by atoms with Crippen LogP contribution in [0.4, 0.5) is 11.5 Å². The molecule has 0 atom stereocenters. The summed E-state index contributed by atoms with van der Waals surface area (Å²) in [7, 11) is 0. The van der Waals surface area contributed by atoms with Gasteiger partial charge in [-0.25, -0.2) is 4.98 Å². The Morgan fingerprint density at radius 3 is 2.68 bits per heavy atom. The van der Waals surface area contributed by atoms with Crippen LogP contribution in [0.15, 0.2) is 12.1 Å². The summed E-state index contributed by atoms with van der Waals surface area (Å²) in [5.74, 6) is 0.407. The highest BCUT2D eigenvalue weighted by Crippen LogP contribution is 2.41. The van der Waals surface area contributed by atoms with Crippen molar-refractivity contribution in [1.29, 1.82) is 0 Å². The number of pyridine rings is 1. The molecule has 0 amide bonds. The third-order valence-corrected chi connectivity index (χ3v) is 4.25. The summed E-state index contributed by atoms with van der Waals surface area (Å²) >= 11 is 0. The molecule has 1 heterocycles. The van der Waals surface area contributed by atoms with E-state index in [9.17, 15) is 10.1 Å². The third kappa shape index (κ3) is 3.03. The molecule has 1 N–H and O–H groups in total. The molecule has 0 saturated heterocycles. The molecule has 0 radical (unpaired) electrons.